The van der Waals surface area contributed by atoms with E-state index in [9.17, 15) is 9.65 Å². The van der Waals surface area contributed by atoms with Crippen LogP contribution in [0.2, 0.25) is 0 Å². The number of aromatic nitrogens is 6. The zero-order valence-corrected chi connectivity index (χ0v) is 21.1. The Labute approximate surface area is 218 Å². The normalized spacial score (nSPS) is 11.9. The number of anilines is 1. The van der Waals surface area contributed by atoms with Gasteiger partial charge in [-0.15, -0.1) is 0 Å². The topological polar surface area (TPSA) is 106 Å². The highest BCUT2D eigenvalue weighted by Gasteiger charge is 2.17. The third kappa shape index (κ3) is 4.89. The van der Waals surface area contributed by atoms with Crippen LogP contribution >= 0.6 is 0 Å². The van der Waals surface area contributed by atoms with Crippen molar-refractivity contribution in [3.05, 3.63) is 84.5 Å². The van der Waals surface area contributed by atoms with Crippen molar-refractivity contribution in [3.63, 3.8) is 0 Å². The molecule has 5 rings (SSSR count). The molecule has 5 aromatic rings. The van der Waals surface area contributed by atoms with E-state index in [-0.39, 0.29) is 6.04 Å². The van der Waals surface area contributed by atoms with Crippen molar-refractivity contribution in [3.8, 4) is 28.8 Å². The lowest BCUT2D eigenvalue weighted by molar-refractivity contribution is 0.146. The second-order valence-electron chi connectivity index (χ2n) is 8.64. The van der Waals surface area contributed by atoms with Crippen molar-refractivity contribution >= 4 is 11.3 Å². The summed E-state index contributed by atoms with van der Waals surface area (Å²) in [5.74, 6) is 1.49. The van der Waals surface area contributed by atoms with Crippen LogP contribution in [-0.2, 0) is 4.74 Å². The van der Waals surface area contributed by atoms with E-state index in [2.05, 4.69) is 28.2 Å². The highest BCUT2D eigenvalue weighted by molar-refractivity contribution is 5.85. The van der Waals surface area contributed by atoms with Gasteiger partial charge >= 0.3 is 0 Å². The van der Waals surface area contributed by atoms with Crippen molar-refractivity contribution in [1.29, 1.82) is 5.26 Å². The molecule has 0 bridgehead atoms. The maximum absolute atomic E-state index is 13.3. The zero-order chi connectivity index (χ0) is 26.6. The van der Waals surface area contributed by atoms with Gasteiger partial charge in [0.1, 0.15) is 24.2 Å². The maximum atomic E-state index is 13.3. The van der Waals surface area contributed by atoms with Crippen LogP contribution in [0.5, 0.6) is 5.75 Å². The molecule has 0 N–H and O–H groups in total. The number of pyridine rings is 3. The number of rotatable bonds is 9. The predicted molar refractivity (Wildman–Crippen MR) is 139 cm³/mol. The fourth-order valence-electron chi connectivity index (χ4n) is 4.10. The van der Waals surface area contributed by atoms with Gasteiger partial charge in [-0.2, -0.15) is 15.5 Å². The fraction of sp³-hybridized carbons (Fsp3) is 0.222. The monoisotopic (exact) mass is 512 g/mol. The van der Waals surface area contributed by atoms with Gasteiger partial charge in [0, 0.05) is 37.7 Å². The Kier molecular flexibility index (Phi) is 6.97. The van der Waals surface area contributed by atoms with Crippen LogP contribution in [-0.4, -0.2) is 56.7 Å². The molecule has 38 heavy (non-hydrogen) atoms. The van der Waals surface area contributed by atoms with Crippen molar-refractivity contribution in [2.75, 3.05) is 32.3 Å². The Morgan fingerprint density at radius 2 is 1.92 bits per heavy atom. The Morgan fingerprint density at radius 1 is 1.05 bits per heavy atom. The number of nitriles is 1. The second-order valence-corrected chi connectivity index (χ2v) is 8.64. The number of methoxy groups -OCH3 is 1. The summed E-state index contributed by atoms with van der Waals surface area (Å²) >= 11 is 0. The van der Waals surface area contributed by atoms with Gasteiger partial charge in [0.15, 0.2) is 11.6 Å². The fourth-order valence-corrected chi connectivity index (χ4v) is 4.10. The summed E-state index contributed by atoms with van der Waals surface area (Å²) in [6, 6.07) is 11.7. The first kappa shape index (κ1) is 24.9. The van der Waals surface area contributed by atoms with E-state index in [1.165, 1.54) is 17.1 Å². The van der Waals surface area contributed by atoms with E-state index in [0.29, 0.717) is 35.9 Å². The number of nitrogens with zero attached hydrogens (tertiary/aromatic N) is 8. The molecule has 192 valence electrons. The van der Waals surface area contributed by atoms with Crippen molar-refractivity contribution in [2.24, 2.45) is 0 Å². The third-order valence-electron chi connectivity index (χ3n) is 6.30. The standard InChI is InChI=1S/C27H25FN8O2/c1-18(19-4-7-26(31-12-19)35-16-22(28)15-33-35)34(2)25-6-5-20(13-30-25)24-10-23(38-9-8-37-3)17-36-27(24)21(11-29)14-32-36/h4-7,10,12-18H,8-9H2,1-3H3/t18-/m0/s1. The van der Waals surface area contributed by atoms with E-state index in [1.807, 2.05) is 36.2 Å². The largest absolute Gasteiger partial charge is 0.490 e. The number of hydrogen-bond acceptors (Lipinski definition) is 8. The number of ether oxygens (including phenoxy) is 2. The van der Waals surface area contributed by atoms with Gasteiger partial charge in [-0.1, -0.05) is 6.07 Å². The summed E-state index contributed by atoms with van der Waals surface area (Å²) in [6.45, 7) is 2.90. The van der Waals surface area contributed by atoms with Crippen molar-refractivity contribution < 1.29 is 13.9 Å². The Bertz CT molecular complexity index is 1590. The molecule has 0 unspecified atom stereocenters. The molecule has 10 nitrogen and oxygen atoms in total. The molecule has 0 aliphatic heterocycles. The first-order chi connectivity index (χ1) is 18.5. The smallest absolute Gasteiger partial charge is 0.161 e. The van der Waals surface area contributed by atoms with Gasteiger partial charge in [-0.05, 0) is 36.8 Å². The Morgan fingerprint density at radius 3 is 2.58 bits per heavy atom. The average molecular weight is 513 g/mol. The van der Waals surface area contributed by atoms with Gasteiger partial charge in [0.05, 0.1) is 48.5 Å². The van der Waals surface area contributed by atoms with E-state index >= 15 is 0 Å². The molecule has 1 atom stereocenters. The summed E-state index contributed by atoms with van der Waals surface area (Å²) in [5, 5.41) is 17.9. The van der Waals surface area contributed by atoms with Crippen LogP contribution < -0.4 is 9.64 Å². The molecular formula is C27H25FN8O2. The first-order valence-corrected chi connectivity index (χ1v) is 11.9. The number of hydrogen-bond donors (Lipinski definition) is 0. The summed E-state index contributed by atoms with van der Waals surface area (Å²) in [5.41, 5.74) is 3.73. The predicted octanol–water partition coefficient (Wildman–Crippen LogP) is 4.21. The van der Waals surface area contributed by atoms with Crippen LogP contribution in [0.4, 0.5) is 10.2 Å². The highest BCUT2D eigenvalue weighted by Crippen LogP contribution is 2.32. The van der Waals surface area contributed by atoms with E-state index in [4.69, 9.17) is 14.5 Å². The molecule has 0 radical (unpaired) electrons. The van der Waals surface area contributed by atoms with Gasteiger partial charge in [0.25, 0.3) is 0 Å². The molecule has 0 spiro atoms. The molecule has 5 aromatic heterocycles. The van der Waals surface area contributed by atoms with Crippen LogP contribution in [0.3, 0.4) is 0 Å². The zero-order valence-electron chi connectivity index (χ0n) is 21.1. The van der Waals surface area contributed by atoms with Crippen LogP contribution in [0.25, 0.3) is 22.5 Å². The molecular weight excluding hydrogens is 487 g/mol. The molecule has 0 saturated carbocycles. The highest BCUT2D eigenvalue weighted by atomic mass is 19.1. The minimum absolute atomic E-state index is 0.0338. The average Bonchev–Trinajstić information content (AvgIpc) is 3.58. The summed E-state index contributed by atoms with van der Waals surface area (Å²) in [7, 11) is 3.57. The first-order valence-electron chi connectivity index (χ1n) is 11.9. The molecule has 0 saturated heterocycles. The van der Waals surface area contributed by atoms with Crippen molar-refractivity contribution in [1.82, 2.24) is 29.4 Å². The van der Waals surface area contributed by atoms with Crippen molar-refractivity contribution in [2.45, 2.75) is 13.0 Å². The molecule has 0 aliphatic rings. The number of fused-ring (bicyclic) bond motifs is 1. The lowest BCUT2D eigenvalue weighted by atomic mass is 10.0. The second kappa shape index (κ2) is 10.7. The van der Waals surface area contributed by atoms with E-state index < -0.39 is 5.82 Å². The molecule has 0 amide bonds. The molecule has 5 heterocycles. The molecule has 0 aliphatic carbocycles. The quantitative estimate of drug-likeness (QED) is 0.271. The summed E-state index contributed by atoms with van der Waals surface area (Å²) in [6.07, 6.45) is 9.23. The van der Waals surface area contributed by atoms with Crippen LogP contribution in [0, 0.1) is 17.1 Å². The van der Waals surface area contributed by atoms with Crippen LogP contribution in [0.1, 0.15) is 24.1 Å². The minimum Gasteiger partial charge on any atom is -0.490 e. The van der Waals surface area contributed by atoms with Gasteiger partial charge < -0.3 is 14.4 Å². The van der Waals surface area contributed by atoms with Gasteiger partial charge in [-0.25, -0.2) is 23.6 Å². The molecule has 0 aromatic carbocycles. The van der Waals surface area contributed by atoms with E-state index in [1.54, 1.807) is 36.3 Å². The number of halogens is 1. The molecule has 11 heteroatoms. The Balaban J connectivity index is 1.39. The third-order valence-corrected chi connectivity index (χ3v) is 6.30. The minimum atomic E-state index is -0.415. The van der Waals surface area contributed by atoms with Crippen LogP contribution in [0.15, 0.2) is 67.5 Å². The Hall–Kier alpha value is -4.82. The molecule has 0 fully saturated rings. The maximum Gasteiger partial charge on any atom is 0.161 e. The summed E-state index contributed by atoms with van der Waals surface area (Å²) < 4.78 is 27.2. The SMILES string of the molecule is COCCOc1cc(-c2ccc(N(C)[C@@H](C)c3ccc(-n4cc(F)cn4)nc3)nc2)c2c(C#N)cnn2c1. The van der Waals surface area contributed by atoms with Gasteiger partial charge in [-0.3, -0.25) is 0 Å². The van der Waals surface area contributed by atoms with E-state index in [0.717, 1.165) is 28.7 Å². The van der Waals surface area contributed by atoms with Gasteiger partial charge in [0.2, 0.25) is 0 Å². The summed E-state index contributed by atoms with van der Waals surface area (Å²) in [4.78, 5) is 11.2. The lowest BCUT2D eigenvalue weighted by Gasteiger charge is -2.26. The lowest BCUT2D eigenvalue weighted by Crippen LogP contribution is -2.22.